The lowest BCUT2D eigenvalue weighted by molar-refractivity contribution is -0.0639. The SMILES string of the molecule is COCC[C@@H]1[C@@H](C)C/C=C\[C@@](OC)(C2SCCCS2)[C@@H]2CC[C@H]2CN2C[C@@]3(CCCc4cc(Cl)ccc43)COc3ccc(nc32)C(=O)NS1(=O)=O. The average molecular weight is 776 g/mol. The molecule has 278 valence electrons. The van der Waals surface area contributed by atoms with Crippen LogP contribution in [0.2, 0.25) is 5.02 Å². The van der Waals surface area contributed by atoms with Crippen LogP contribution in [-0.2, 0) is 31.3 Å². The third-order valence-corrected chi connectivity index (χ3v) is 17.3. The van der Waals surface area contributed by atoms with Gasteiger partial charge in [0.05, 0.1) is 16.4 Å². The molecule has 13 heteroatoms. The van der Waals surface area contributed by atoms with Gasteiger partial charge < -0.3 is 19.1 Å². The summed E-state index contributed by atoms with van der Waals surface area (Å²) in [7, 11) is -0.674. The summed E-state index contributed by atoms with van der Waals surface area (Å²) in [5, 5.41) is -0.106. The molecule has 5 aliphatic rings. The fourth-order valence-corrected chi connectivity index (χ4v) is 14.3. The summed E-state index contributed by atoms with van der Waals surface area (Å²) >= 11 is 10.5. The summed E-state index contributed by atoms with van der Waals surface area (Å²) in [4.78, 5) is 21.0. The highest BCUT2D eigenvalue weighted by atomic mass is 35.5. The normalized spacial score (nSPS) is 33.2. The largest absolute Gasteiger partial charge is 0.489 e. The van der Waals surface area contributed by atoms with Gasteiger partial charge in [0.2, 0.25) is 10.0 Å². The third-order valence-electron chi connectivity index (χ3n) is 11.9. The molecule has 0 radical (unpaired) electrons. The topological polar surface area (TPSA) is 107 Å². The summed E-state index contributed by atoms with van der Waals surface area (Å²) in [6.45, 7) is 4.05. The number of aryl methyl sites for hydroxylation is 1. The summed E-state index contributed by atoms with van der Waals surface area (Å²) in [6, 6.07) is 9.59. The smallest absolute Gasteiger partial charge is 0.283 e. The number of carbonyl (C=O) groups is 1. The number of aromatic nitrogens is 1. The van der Waals surface area contributed by atoms with Crippen molar-refractivity contribution in [1.82, 2.24) is 9.71 Å². The number of halogens is 1. The Bertz CT molecular complexity index is 1740. The van der Waals surface area contributed by atoms with E-state index in [0.717, 1.165) is 55.2 Å². The van der Waals surface area contributed by atoms with E-state index >= 15 is 0 Å². The molecule has 1 N–H and O–H groups in total. The zero-order valence-corrected chi connectivity index (χ0v) is 33.0. The molecule has 1 amide bonds. The van der Waals surface area contributed by atoms with Crippen LogP contribution in [0.4, 0.5) is 5.82 Å². The highest BCUT2D eigenvalue weighted by Gasteiger charge is 2.53. The maximum atomic E-state index is 13.9. The summed E-state index contributed by atoms with van der Waals surface area (Å²) < 4.78 is 49.1. The van der Waals surface area contributed by atoms with Crippen LogP contribution in [0.15, 0.2) is 42.5 Å². The van der Waals surface area contributed by atoms with E-state index in [2.05, 4.69) is 33.9 Å². The average Bonchev–Trinajstić information content (AvgIpc) is 3.26. The Morgan fingerprint density at radius 3 is 2.71 bits per heavy atom. The second-order valence-corrected chi connectivity index (χ2v) is 20.0. The van der Waals surface area contributed by atoms with E-state index < -0.39 is 26.8 Å². The number of ether oxygens (including phenoxy) is 3. The van der Waals surface area contributed by atoms with Crippen molar-refractivity contribution in [2.24, 2.45) is 17.8 Å². The number of allylic oxidation sites excluding steroid dienone is 1. The first-order valence-electron chi connectivity index (χ1n) is 18.3. The lowest BCUT2D eigenvalue weighted by Gasteiger charge is -2.53. The molecule has 4 heterocycles. The fraction of sp³-hybridized carbons (Fsp3) is 0.632. The molecule has 1 aromatic heterocycles. The number of fused-ring (bicyclic) bond motifs is 4. The van der Waals surface area contributed by atoms with Crippen molar-refractivity contribution in [1.29, 1.82) is 0 Å². The van der Waals surface area contributed by atoms with Crippen LogP contribution in [0.3, 0.4) is 0 Å². The van der Waals surface area contributed by atoms with E-state index in [1.165, 1.54) is 17.5 Å². The zero-order chi connectivity index (χ0) is 35.8. The first-order chi connectivity index (χ1) is 24.6. The molecule has 51 heavy (non-hydrogen) atoms. The first-order valence-corrected chi connectivity index (χ1v) is 22.3. The van der Waals surface area contributed by atoms with Gasteiger partial charge in [-0.05, 0) is 116 Å². The molecule has 3 aliphatic heterocycles. The number of amides is 1. The van der Waals surface area contributed by atoms with Crippen molar-refractivity contribution in [3.63, 3.8) is 0 Å². The van der Waals surface area contributed by atoms with Gasteiger partial charge in [0.15, 0.2) is 11.6 Å². The van der Waals surface area contributed by atoms with Crippen LogP contribution >= 0.6 is 35.1 Å². The molecular weight excluding hydrogens is 726 g/mol. The number of carbonyl (C=O) groups excluding carboxylic acids is 1. The molecule has 9 nitrogen and oxygen atoms in total. The molecule has 2 aromatic rings. The van der Waals surface area contributed by atoms with Crippen LogP contribution in [-0.4, -0.2) is 86.8 Å². The minimum atomic E-state index is -4.08. The van der Waals surface area contributed by atoms with Crippen LogP contribution in [0.25, 0.3) is 0 Å². The van der Waals surface area contributed by atoms with Crippen molar-refractivity contribution >= 4 is 56.9 Å². The second kappa shape index (κ2) is 15.4. The highest BCUT2D eigenvalue weighted by molar-refractivity contribution is 8.17. The molecule has 1 saturated heterocycles. The molecule has 7 rings (SSSR count). The van der Waals surface area contributed by atoms with Gasteiger partial charge in [0.1, 0.15) is 11.3 Å². The maximum Gasteiger partial charge on any atom is 0.283 e. The van der Waals surface area contributed by atoms with Crippen LogP contribution in [0.5, 0.6) is 5.75 Å². The van der Waals surface area contributed by atoms with Gasteiger partial charge in [0.25, 0.3) is 5.91 Å². The van der Waals surface area contributed by atoms with Gasteiger partial charge in [-0.2, -0.15) is 0 Å². The van der Waals surface area contributed by atoms with Gasteiger partial charge in [-0.3, -0.25) is 4.79 Å². The van der Waals surface area contributed by atoms with Crippen molar-refractivity contribution in [2.75, 3.05) is 56.9 Å². The van der Waals surface area contributed by atoms with Crippen molar-refractivity contribution < 1.29 is 27.4 Å². The van der Waals surface area contributed by atoms with E-state index in [1.807, 2.05) is 43.6 Å². The number of pyridine rings is 1. The van der Waals surface area contributed by atoms with E-state index in [9.17, 15) is 13.2 Å². The number of methoxy groups -OCH3 is 2. The lowest BCUT2D eigenvalue weighted by Crippen LogP contribution is -2.56. The van der Waals surface area contributed by atoms with Gasteiger partial charge in [-0.15, -0.1) is 23.5 Å². The number of rotatable bonds is 5. The van der Waals surface area contributed by atoms with Crippen molar-refractivity contribution in [2.45, 2.75) is 79.1 Å². The van der Waals surface area contributed by atoms with Crippen molar-refractivity contribution in [3.05, 3.63) is 64.3 Å². The molecule has 2 aliphatic carbocycles. The molecule has 6 atom stereocenters. The standard InChI is InChI=1S/C38H50ClN3O6S3/c1-25-7-4-17-38(47-3,36-49-19-6-20-50-36)30-11-9-27(30)22-42-23-37(16-5-8-26-21-28(39)10-12-29(26)37)24-48-32-14-13-31(40-34(32)42)35(43)41-51(44,45)33(25)15-18-46-2/h4,10,12-14,17,21,25,27,30,33,36H,5-9,11,15-16,18-20,22-24H2,1-3H3,(H,41,43)/b17-4-/t25-,27-,30+,33+,37-,38-/m0/s1. The Morgan fingerprint density at radius 1 is 1.14 bits per heavy atom. The quantitative estimate of drug-likeness (QED) is 0.324. The summed E-state index contributed by atoms with van der Waals surface area (Å²) in [6.07, 6.45) is 11.4. The number of nitrogens with one attached hydrogen (secondary N) is 1. The Hall–Kier alpha value is -1.96. The summed E-state index contributed by atoms with van der Waals surface area (Å²) in [5.74, 6) is 2.93. The molecule has 2 bridgehead atoms. The van der Waals surface area contributed by atoms with Gasteiger partial charge in [-0.1, -0.05) is 36.7 Å². The first kappa shape index (κ1) is 37.4. The van der Waals surface area contributed by atoms with Crippen LogP contribution < -0.4 is 14.4 Å². The number of hydrogen-bond acceptors (Lipinski definition) is 10. The Labute approximate surface area is 316 Å². The van der Waals surface area contributed by atoms with Crippen molar-refractivity contribution in [3.8, 4) is 5.75 Å². The van der Waals surface area contributed by atoms with Crippen LogP contribution in [0.1, 0.15) is 73.5 Å². The number of benzene rings is 1. The fourth-order valence-electron chi connectivity index (χ4n) is 9.07. The van der Waals surface area contributed by atoms with E-state index in [-0.39, 0.29) is 40.6 Å². The minimum absolute atomic E-state index is 0.0502. The lowest BCUT2D eigenvalue weighted by atomic mass is 9.64. The molecule has 1 spiro atoms. The van der Waals surface area contributed by atoms with Gasteiger partial charge in [-0.25, -0.2) is 18.1 Å². The van der Waals surface area contributed by atoms with Gasteiger partial charge >= 0.3 is 0 Å². The molecular formula is C38H50ClN3O6S3. The van der Waals surface area contributed by atoms with E-state index in [0.29, 0.717) is 37.1 Å². The van der Waals surface area contributed by atoms with Gasteiger partial charge in [0, 0.05) is 44.4 Å². The van der Waals surface area contributed by atoms with E-state index in [1.54, 1.807) is 19.2 Å². The highest BCUT2D eigenvalue weighted by Crippen LogP contribution is 2.54. The maximum absolute atomic E-state index is 13.9. The predicted molar refractivity (Wildman–Crippen MR) is 207 cm³/mol. The monoisotopic (exact) mass is 775 g/mol. The number of anilines is 1. The number of nitrogens with zero attached hydrogens (tertiary/aromatic N) is 2. The molecule has 1 aromatic carbocycles. The number of thioether (sulfide) groups is 2. The zero-order valence-electron chi connectivity index (χ0n) is 29.8. The number of hydrogen-bond donors (Lipinski definition) is 1. The molecule has 0 unspecified atom stereocenters. The minimum Gasteiger partial charge on any atom is -0.489 e. The Balaban J connectivity index is 1.34. The molecule has 1 saturated carbocycles. The van der Waals surface area contributed by atoms with E-state index in [4.69, 9.17) is 30.8 Å². The van der Waals surface area contributed by atoms with Crippen LogP contribution in [0, 0.1) is 17.8 Å². The second-order valence-electron chi connectivity index (χ2n) is 15.0. The predicted octanol–water partition coefficient (Wildman–Crippen LogP) is 6.88. The molecule has 2 fully saturated rings. The number of sulfonamides is 1. The Morgan fingerprint density at radius 2 is 1.96 bits per heavy atom. The third kappa shape index (κ3) is 7.31. The summed E-state index contributed by atoms with van der Waals surface area (Å²) in [5.41, 5.74) is 1.74. The Kier molecular flexibility index (Phi) is 11.3.